The van der Waals surface area contributed by atoms with Crippen molar-refractivity contribution in [1.29, 1.82) is 0 Å². The number of halogens is 1. The molecule has 4 aromatic rings. The highest BCUT2D eigenvalue weighted by molar-refractivity contribution is 8.07. The van der Waals surface area contributed by atoms with E-state index in [1.165, 1.54) is 34.3 Å². The molecule has 0 aliphatic carbocycles. The molecule has 43 heavy (non-hydrogen) atoms. The second-order valence-electron chi connectivity index (χ2n) is 10.0. The van der Waals surface area contributed by atoms with Crippen molar-refractivity contribution in [3.8, 4) is 0 Å². The summed E-state index contributed by atoms with van der Waals surface area (Å²) < 4.78 is 75.6. The molecule has 18 nitrogen and oxygen atoms in total. The van der Waals surface area contributed by atoms with E-state index in [1.807, 2.05) is 0 Å². The van der Waals surface area contributed by atoms with Crippen molar-refractivity contribution >= 4 is 51.2 Å². The average Bonchev–Trinajstić information content (AvgIpc) is 3.71. The predicted octanol–water partition coefficient (Wildman–Crippen LogP) is -0.357. The largest absolute Gasteiger partial charge is 0.349 e. The number of H-pyrrole nitrogens is 1. The van der Waals surface area contributed by atoms with Crippen molar-refractivity contribution in [1.82, 2.24) is 43.8 Å². The molecule has 8 atom stereocenters. The van der Waals surface area contributed by atoms with E-state index in [4.69, 9.17) is 34.5 Å². The van der Waals surface area contributed by atoms with Crippen molar-refractivity contribution < 1.29 is 40.4 Å². The molecule has 3 aliphatic heterocycles. The number of hydrogen-bond acceptors (Lipinski definition) is 14. The molecule has 7 rings (SSSR count). The molecular weight excluding hydrogens is 636 g/mol. The fourth-order valence-electron chi connectivity index (χ4n) is 5.30. The van der Waals surface area contributed by atoms with Gasteiger partial charge >= 0.3 is 17.0 Å². The Bertz CT molecular complexity index is 1920. The van der Waals surface area contributed by atoms with Gasteiger partial charge in [0.05, 0.1) is 31.6 Å². The molecule has 1 unspecified atom stereocenters. The van der Waals surface area contributed by atoms with E-state index in [9.17, 15) is 18.1 Å². The number of hydrogen-bond donors (Lipinski definition) is 3. The van der Waals surface area contributed by atoms with Gasteiger partial charge in [-0.1, -0.05) is 0 Å². The van der Waals surface area contributed by atoms with Crippen LogP contribution in [0.2, 0.25) is 0 Å². The van der Waals surface area contributed by atoms with Crippen molar-refractivity contribution in [2.45, 2.75) is 56.4 Å². The van der Waals surface area contributed by atoms with Gasteiger partial charge in [-0.05, 0) is 18.7 Å². The first-order valence-electron chi connectivity index (χ1n) is 12.8. The number of rotatable bonds is 2. The van der Waals surface area contributed by atoms with Crippen molar-refractivity contribution in [2.75, 3.05) is 13.2 Å². The van der Waals surface area contributed by atoms with Crippen LogP contribution in [0.25, 0.3) is 22.3 Å². The van der Waals surface area contributed by atoms with Gasteiger partial charge in [-0.2, -0.15) is 13.1 Å². The summed E-state index contributed by atoms with van der Waals surface area (Å²) in [6.07, 6.45) is -4.02. The summed E-state index contributed by atoms with van der Waals surface area (Å²) in [5, 5.41) is 0. The molecule has 0 spiro atoms. The van der Waals surface area contributed by atoms with Gasteiger partial charge in [0.2, 0.25) is 0 Å². The minimum absolute atomic E-state index is 0.0131. The first-order chi connectivity index (χ1) is 20.5. The minimum atomic E-state index is -4.51. The molecule has 3 N–H and O–H groups in total. The number of nitrogens with one attached hydrogen (secondary N) is 2. The zero-order valence-corrected chi connectivity index (χ0v) is 24.5. The van der Waals surface area contributed by atoms with Gasteiger partial charge in [0.15, 0.2) is 35.4 Å². The molecule has 22 heteroatoms. The van der Waals surface area contributed by atoms with Gasteiger partial charge in [0, 0.05) is 13.0 Å². The Morgan fingerprint density at radius 1 is 1.14 bits per heavy atom. The van der Waals surface area contributed by atoms with Crippen LogP contribution in [-0.2, 0) is 44.8 Å². The van der Waals surface area contributed by atoms with Gasteiger partial charge in [0.25, 0.3) is 5.56 Å². The fraction of sp³-hybridized carbons (Fsp3) is 0.524. The number of alkyl halides is 1. The van der Waals surface area contributed by atoms with Crippen LogP contribution in [0.3, 0.4) is 0 Å². The molecule has 2 bridgehead atoms. The Kier molecular flexibility index (Phi) is 7.16. The predicted molar refractivity (Wildman–Crippen MR) is 145 cm³/mol. The number of aryl methyl sites for hydroxylation is 1. The molecule has 3 fully saturated rings. The molecule has 0 aromatic carbocycles. The van der Waals surface area contributed by atoms with E-state index in [1.54, 1.807) is 6.92 Å². The molecule has 4 aromatic heterocycles. The Labute approximate surface area is 246 Å². The smallest absolute Gasteiger partial charge is 0.336 e. The topological polar surface area (TPSA) is 220 Å². The van der Waals surface area contributed by atoms with Crippen LogP contribution in [0, 0.1) is 6.92 Å². The van der Waals surface area contributed by atoms with Gasteiger partial charge in [0.1, 0.15) is 36.0 Å². The van der Waals surface area contributed by atoms with E-state index in [0.717, 1.165) is 0 Å². The second kappa shape index (κ2) is 10.6. The van der Waals surface area contributed by atoms with Crippen LogP contribution in [0.15, 0.2) is 30.0 Å². The van der Waals surface area contributed by atoms with E-state index < -0.39 is 72.2 Å². The van der Waals surface area contributed by atoms with Crippen LogP contribution in [0.1, 0.15) is 24.7 Å². The van der Waals surface area contributed by atoms with Gasteiger partial charge in [-0.3, -0.25) is 18.5 Å². The first-order valence-corrected chi connectivity index (χ1v) is 16.8. The lowest BCUT2D eigenvalue weighted by atomic mass is 10.1. The van der Waals surface area contributed by atoms with E-state index >= 15 is 4.39 Å². The maximum Gasteiger partial charge on any atom is 0.336 e. The first kappa shape index (κ1) is 28.9. The molecule has 0 saturated carbocycles. The fourth-order valence-corrected chi connectivity index (χ4v) is 7.69. The lowest BCUT2D eigenvalue weighted by Gasteiger charge is -2.26. The van der Waals surface area contributed by atoms with Gasteiger partial charge in [-0.15, -0.1) is 0 Å². The Morgan fingerprint density at radius 3 is 2.77 bits per heavy atom. The third-order valence-corrected chi connectivity index (χ3v) is 9.72. The maximum absolute atomic E-state index is 15.9. The highest BCUT2D eigenvalue weighted by atomic mass is 32.5. The summed E-state index contributed by atoms with van der Waals surface area (Å²) in [4.78, 5) is 46.3. The standard InChI is InChI=1S/C21H23FN9O9PS2/c1-9-28-18-15(19(32)29-9)26-8-31(18)20-12-2-10(37-20)5-36-41(33,42)39-16-13(4-27-43(34,35)40-12)38-21(14(16)22)30-7-25-11-3-23-6-24-17(11)30/h3,6-8,10,12-14,16,20-21,27H,2,4-5H2,1H3,(H,33,42)(H,28,29,32)/t10-,12+,13+,14+,16+,20+,21+,41?/m0/s1. The molecule has 230 valence electrons. The normalized spacial score (nSPS) is 34.9. The zero-order valence-electron chi connectivity index (χ0n) is 22.0. The third-order valence-electron chi connectivity index (χ3n) is 7.14. The summed E-state index contributed by atoms with van der Waals surface area (Å²) in [6, 6.07) is 0. The SMILES string of the molecule is Cc1nc2c(ncn2[C@@H]2O[C@@H]3COP(O)(=S)O[C@H]4[C@@H](F)[C@H](n5cnc6cncnc65)O[C@@H]4CNS(=O)(=O)O[C@@H]2C3)c(=O)[nH]1. The number of ether oxygens (including phenoxy) is 2. The minimum Gasteiger partial charge on any atom is -0.349 e. The maximum atomic E-state index is 15.9. The van der Waals surface area contributed by atoms with E-state index in [-0.39, 0.29) is 29.8 Å². The Balaban J connectivity index is 1.19. The summed E-state index contributed by atoms with van der Waals surface area (Å²) in [6.45, 7) is -3.41. The Morgan fingerprint density at radius 2 is 1.93 bits per heavy atom. The lowest BCUT2D eigenvalue weighted by Crippen LogP contribution is -2.42. The third kappa shape index (κ3) is 5.39. The average molecular weight is 660 g/mol. The van der Waals surface area contributed by atoms with Crippen molar-refractivity contribution in [3.05, 3.63) is 41.4 Å². The van der Waals surface area contributed by atoms with Gasteiger partial charge in [-0.25, -0.2) is 33.5 Å². The molecule has 3 aliphatic rings. The number of imidazole rings is 2. The summed E-state index contributed by atoms with van der Waals surface area (Å²) in [5.74, 6) is 0.302. The van der Waals surface area contributed by atoms with Crippen LogP contribution in [-0.4, -0.2) is 96.1 Å². The summed E-state index contributed by atoms with van der Waals surface area (Å²) >= 11 is 5.18. The molecular formula is C21H23FN9O9PS2. The van der Waals surface area contributed by atoms with Crippen LogP contribution in [0.5, 0.6) is 0 Å². The lowest BCUT2D eigenvalue weighted by molar-refractivity contribution is -0.0454. The number of aromatic nitrogens is 8. The molecule has 3 saturated heterocycles. The van der Waals surface area contributed by atoms with E-state index in [0.29, 0.717) is 11.3 Å². The highest BCUT2D eigenvalue weighted by Gasteiger charge is 2.51. The molecule has 7 heterocycles. The summed E-state index contributed by atoms with van der Waals surface area (Å²) in [7, 11) is -4.51. The van der Waals surface area contributed by atoms with Crippen LogP contribution < -0.4 is 10.3 Å². The second-order valence-corrected chi connectivity index (χ2v) is 14.2. The van der Waals surface area contributed by atoms with Crippen molar-refractivity contribution in [3.63, 3.8) is 0 Å². The number of fused-ring (bicyclic) bond motifs is 5. The molecule has 0 amide bonds. The monoisotopic (exact) mass is 659 g/mol. The van der Waals surface area contributed by atoms with Crippen LogP contribution >= 0.6 is 6.72 Å². The Hall–Kier alpha value is -2.85. The van der Waals surface area contributed by atoms with Crippen molar-refractivity contribution in [2.24, 2.45) is 0 Å². The quantitative estimate of drug-likeness (QED) is 0.234. The number of nitrogens with zero attached hydrogens (tertiary/aromatic N) is 7. The molecule has 0 radical (unpaired) electrons. The van der Waals surface area contributed by atoms with E-state index in [2.05, 4.69) is 34.6 Å². The van der Waals surface area contributed by atoms with Crippen LogP contribution in [0.4, 0.5) is 4.39 Å². The number of aromatic amines is 1. The summed E-state index contributed by atoms with van der Waals surface area (Å²) in [5.41, 5.74) is 0.301. The van der Waals surface area contributed by atoms with Gasteiger partial charge < -0.3 is 23.9 Å². The zero-order chi connectivity index (χ0) is 30.1. The highest BCUT2D eigenvalue weighted by Crippen LogP contribution is 2.50.